The van der Waals surface area contributed by atoms with E-state index in [-0.39, 0.29) is 0 Å². The van der Waals surface area contributed by atoms with Crippen LogP contribution in [0.2, 0.25) is 0 Å². The van der Waals surface area contributed by atoms with Gasteiger partial charge in [0, 0.05) is 18.6 Å². The molecule has 1 saturated carbocycles. The Bertz CT molecular complexity index is 201. The van der Waals surface area contributed by atoms with E-state index in [1.165, 1.54) is 38.8 Å². The Labute approximate surface area is 94.4 Å². The summed E-state index contributed by atoms with van der Waals surface area (Å²) in [6.45, 7) is 7.40. The number of nitrogens with one attached hydrogen (secondary N) is 1. The monoisotopic (exact) mass is 210 g/mol. The van der Waals surface area contributed by atoms with E-state index in [0.717, 1.165) is 23.9 Å². The van der Waals surface area contributed by atoms with Crippen molar-refractivity contribution in [1.29, 1.82) is 0 Å². The average Bonchev–Trinajstić information content (AvgIpc) is 3.04. The van der Waals surface area contributed by atoms with Gasteiger partial charge in [-0.05, 0) is 58.0 Å². The van der Waals surface area contributed by atoms with Gasteiger partial charge in [0.1, 0.15) is 0 Å². The van der Waals surface area contributed by atoms with Crippen LogP contribution in [0.25, 0.3) is 0 Å². The Morgan fingerprint density at radius 3 is 2.60 bits per heavy atom. The molecule has 3 atom stereocenters. The van der Waals surface area contributed by atoms with Gasteiger partial charge in [-0.2, -0.15) is 0 Å². The third-order valence-electron chi connectivity index (χ3n) is 4.50. The second kappa shape index (κ2) is 4.84. The molecule has 2 aliphatic rings. The molecule has 15 heavy (non-hydrogen) atoms. The van der Waals surface area contributed by atoms with Gasteiger partial charge < -0.3 is 5.32 Å². The van der Waals surface area contributed by atoms with Crippen molar-refractivity contribution in [2.75, 3.05) is 20.1 Å². The Hall–Kier alpha value is -0.0800. The molecule has 0 bridgehead atoms. The molecule has 0 amide bonds. The summed E-state index contributed by atoms with van der Waals surface area (Å²) in [5.41, 5.74) is 0. The molecule has 2 rings (SSSR count). The van der Waals surface area contributed by atoms with Crippen LogP contribution in [0.1, 0.15) is 39.5 Å². The zero-order valence-electron chi connectivity index (χ0n) is 10.5. The third kappa shape index (κ3) is 2.73. The smallest absolute Gasteiger partial charge is 0.0220 e. The summed E-state index contributed by atoms with van der Waals surface area (Å²) in [5, 5.41) is 3.51. The maximum absolute atomic E-state index is 3.51. The molecule has 88 valence electrons. The number of piperidine rings is 1. The van der Waals surface area contributed by atoms with Crippen LogP contribution < -0.4 is 5.32 Å². The largest absolute Gasteiger partial charge is 0.315 e. The molecule has 1 saturated heterocycles. The maximum atomic E-state index is 3.51. The van der Waals surface area contributed by atoms with Crippen LogP contribution in [-0.4, -0.2) is 37.1 Å². The second-order valence-corrected chi connectivity index (χ2v) is 5.59. The second-order valence-electron chi connectivity index (χ2n) is 5.59. The van der Waals surface area contributed by atoms with E-state index < -0.39 is 0 Å². The fraction of sp³-hybridized carbons (Fsp3) is 1.00. The van der Waals surface area contributed by atoms with Gasteiger partial charge in [-0.1, -0.05) is 6.92 Å². The minimum atomic E-state index is 0.748. The van der Waals surface area contributed by atoms with E-state index >= 15 is 0 Å². The van der Waals surface area contributed by atoms with Crippen LogP contribution >= 0.6 is 0 Å². The fourth-order valence-corrected chi connectivity index (χ4v) is 2.91. The lowest BCUT2D eigenvalue weighted by Crippen LogP contribution is -2.49. The van der Waals surface area contributed by atoms with E-state index in [1.807, 2.05) is 0 Å². The van der Waals surface area contributed by atoms with Crippen LogP contribution in [0.15, 0.2) is 0 Å². The molecule has 1 heterocycles. The van der Waals surface area contributed by atoms with Gasteiger partial charge in [0.05, 0.1) is 0 Å². The number of rotatable bonds is 4. The van der Waals surface area contributed by atoms with Crippen molar-refractivity contribution in [3.63, 3.8) is 0 Å². The molecular weight excluding hydrogens is 184 g/mol. The van der Waals surface area contributed by atoms with E-state index in [2.05, 4.69) is 31.1 Å². The van der Waals surface area contributed by atoms with E-state index in [9.17, 15) is 0 Å². The van der Waals surface area contributed by atoms with Gasteiger partial charge in [-0.25, -0.2) is 0 Å². The number of likely N-dealkylation sites (N-methyl/N-ethyl adjacent to an activating group) is 1. The van der Waals surface area contributed by atoms with Gasteiger partial charge in [0.15, 0.2) is 0 Å². The molecule has 0 aromatic heterocycles. The van der Waals surface area contributed by atoms with Crippen molar-refractivity contribution in [3.05, 3.63) is 0 Å². The van der Waals surface area contributed by atoms with Crippen molar-refractivity contribution < 1.29 is 0 Å². The van der Waals surface area contributed by atoms with Crippen LogP contribution in [0.4, 0.5) is 0 Å². The highest BCUT2D eigenvalue weighted by molar-refractivity contribution is 4.90. The Morgan fingerprint density at radius 1 is 1.27 bits per heavy atom. The molecule has 0 aromatic carbocycles. The van der Waals surface area contributed by atoms with Crippen molar-refractivity contribution in [1.82, 2.24) is 10.2 Å². The van der Waals surface area contributed by atoms with E-state index in [4.69, 9.17) is 0 Å². The lowest BCUT2D eigenvalue weighted by Gasteiger charge is -2.39. The Morgan fingerprint density at radius 2 is 2.00 bits per heavy atom. The summed E-state index contributed by atoms with van der Waals surface area (Å²) in [7, 11) is 2.13. The molecular formula is C13H26N2. The van der Waals surface area contributed by atoms with Crippen molar-refractivity contribution in [2.45, 2.75) is 51.6 Å². The summed E-state index contributed by atoms with van der Waals surface area (Å²) in [4.78, 5) is 2.70. The average molecular weight is 210 g/mol. The van der Waals surface area contributed by atoms with Gasteiger partial charge in [0.2, 0.25) is 0 Å². The minimum absolute atomic E-state index is 0.748. The first-order valence-corrected chi connectivity index (χ1v) is 6.63. The van der Waals surface area contributed by atoms with Crippen LogP contribution in [0.5, 0.6) is 0 Å². The molecule has 1 N–H and O–H groups in total. The highest BCUT2D eigenvalue weighted by Gasteiger charge is 2.33. The molecule has 0 aromatic rings. The quantitative estimate of drug-likeness (QED) is 0.764. The highest BCUT2D eigenvalue weighted by atomic mass is 15.2. The van der Waals surface area contributed by atoms with Crippen LogP contribution in [-0.2, 0) is 0 Å². The third-order valence-corrected chi connectivity index (χ3v) is 4.50. The van der Waals surface area contributed by atoms with Crippen molar-refractivity contribution in [3.8, 4) is 0 Å². The summed E-state index contributed by atoms with van der Waals surface area (Å²) in [6.07, 6.45) is 5.71. The first-order valence-electron chi connectivity index (χ1n) is 6.63. The van der Waals surface area contributed by atoms with Crippen LogP contribution in [0, 0.1) is 11.8 Å². The summed E-state index contributed by atoms with van der Waals surface area (Å²) in [6, 6.07) is 1.53. The SMILES string of the molecule is CNC(CN1CCCC(C)C1C)C1CC1. The summed E-state index contributed by atoms with van der Waals surface area (Å²) in [5.74, 6) is 1.86. The van der Waals surface area contributed by atoms with E-state index in [0.29, 0.717) is 0 Å². The molecule has 3 unspecified atom stereocenters. The van der Waals surface area contributed by atoms with Gasteiger partial charge >= 0.3 is 0 Å². The predicted octanol–water partition coefficient (Wildman–Crippen LogP) is 2.10. The molecule has 2 heteroatoms. The normalized spacial score (nSPS) is 35.4. The topological polar surface area (TPSA) is 15.3 Å². The van der Waals surface area contributed by atoms with Crippen LogP contribution in [0.3, 0.4) is 0 Å². The fourth-order valence-electron chi connectivity index (χ4n) is 2.91. The number of likely N-dealkylation sites (tertiary alicyclic amines) is 1. The first-order chi connectivity index (χ1) is 7.22. The number of nitrogens with zero attached hydrogens (tertiary/aromatic N) is 1. The minimum Gasteiger partial charge on any atom is -0.315 e. The Kier molecular flexibility index (Phi) is 3.68. The lowest BCUT2D eigenvalue weighted by atomic mass is 9.91. The molecule has 2 nitrogen and oxygen atoms in total. The number of hydrogen-bond acceptors (Lipinski definition) is 2. The van der Waals surface area contributed by atoms with Crippen molar-refractivity contribution >= 4 is 0 Å². The highest BCUT2D eigenvalue weighted by Crippen LogP contribution is 2.34. The predicted molar refractivity (Wildman–Crippen MR) is 65.0 cm³/mol. The number of hydrogen-bond donors (Lipinski definition) is 1. The zero-order chi connectivity index (χ0) is 10.8. The zero-order valence-corrected chi connectivity index (χ0v) is 10.5. The van der Waals surface area contributed by atoms with Gasteiger partial charge in [-0.15, -0.1) is 0 Å². The van der Waals surface area contributed by atoms with Gasteiger partial charge in [0.25, 0.3) is 0 Å². The first kappa shape index (κ1) is 11.4. The molecule has 1 aliphatic carbocycles. The molecule has 1 aliphatic heterocycles. The summed E-state index contributed by atoms with van der Waals surface area (Å²) < 4.78 is 0. The molecule has 2 fully saturated rings. The molecule has 0 radical (unpaired) electrons. The standard InChI is InChI=1S/C13H26N2/c1-10-5-4-8-15(11(10)2)9-13(14-3)12-6-7-12/h10-14H,4-9H2,1-3H3. The van der Waals surface area contributed by atoms with Crippen molar-refractivity contribution in [2.24, 2.45) is 11.8 Å². The lowest BCUT2D eigenvalue weighted by molar-refractivity contribution is 0.0997. The molecule has 0 spiro atoms. The van der Waals surface area contributed by atoms with E-state index in [1.54, 1.807) is 0 Å². The Balaban J connectivity index is 1.85. The maximum Gasteiger partial charge on any atom is 0.0220 e. The van der Waals surface area contributed by atoms with Gasteiger partial charge in [-0.3, -0.25) is 4.90 Å². The summed E-state index contributed by atoms with van der Waals surface area (Å²) >= 11 is 0.